The Morgan fingerprint density at radius 1 is 1.41 bits per heavy atom. The molecule has 2 aliphatic rings. The highest BCUT2D eigenvalue weighted by Crippen LogP contribution is 2.46. The number of hydroxylamine groups is 3. The molecule has 1 N–H and O–H groups in total. The molecular formula is C13H23NO3. The van der Waals surface area contributed by atoms with Crippen LogP contribution in [-0.4, -0.2) is 40.3 Å². The summed E-state index contributed by atoms with van der Waals surface area (Å²) in [6.45, 7) is 3.31. The van der Waals surface area contributed by atoms with E-state index in [1.165, 1.54) is 6.92 Å². The van der Waals surface area contributed by atoms with Crippen LogP contribution in [0, 0.1) is 11.1 Å². The Hall–Kier alpha value is -0.450. The van der Waals surface area contributed by atoms with Crippen LogP contribution in [0.25, 0.3) is 0 Å². The third kappa shape index (κ3) is 1.83. The van der Waals surface area contributed by atoms with Crippen molar-refractivity contribution >= 4 is 5.78 Å². The molecule has 17 heavy (non-hydrogen) atoms. The Morgan fingerprint density at radius 2 is 2.00 bits per heavy atom. The van der Waals surface area contributed by atoms with E-state index in [0.717, 1.165) is 25.7 Å². The first-order valence-electron chi connectivity index (χ1n) is 6.60. The maximum Gasteiger partial charge on any atom is 0.162 e. The van der Waals surface area contributed by atoms with Crippen molar-refractivity contribution < 1.29 is 14.5 Å². The summed E-state index contributed by atoms with van der Waals surface area (Å²) < 4.78 is -0.291. The van der Waals surface area contributed by atoms with Gasteiger partial charge in [0.1, 0.15) is 5.60 Å². The lowest BCUT2D eigenvalue weighted by atomic mass is 9.65. The van der Waals surface area contributed by atoms with Gasteiger partial charge in [-0.2, -0.15) is 0 Å². The van der Waals surface area contributed by atoms with E-state index in [9.17, 15) is 15.1 Å². The van der Waals surface area contributed by atoms with Crippen molar-refractivity contribution in [3.63, 3.8) is 0 Å². The number of hydrogen-bond acceptors (Lipinski definition) is 3. The largest absolute Gasteiger partial charge is 0.633 e. The molecule has 2 fully saturated rings. The molecule has 2 rings (SSSR count). The van der Waals surface area contributed by atoms with Crippen molar-refractivity contribution in [1.82, 2.24) is 0 Å². The summed E-state index contributed by atoms with van der Waals surface area (Å²) >= 11 is 0. The standard InChI is InChI=1S/C13H23NO3/c1-9-8-13(16,10(2)15)11-6-4-5-7-12(11)14(9,3)17/h9,11-12,16H,4-8H2,1-3H3. The van der Waals surface area contributed by atoms with Gasteiger partial charge < -0.3 is 15.0 Å². The van der Waals surface area contributed by atoms with E-state index < -0.39 is 5.60 Å². The Kier molecular flexibility index (Phi) is 3.09. The molecule has 4 heteroatoms. The molecule has 5 unspecified atom stereocenters. The molecule has 0 aromatic heterocycles. The fourth-order valence-corrected chi connectivity index (χ4v) is 3.80. The number of carbonyl (C=O) groups excluding carboxylic acids is 1. The SMILES string of the molecule is CC(=O)C1(O)CC(C)[N+](C)([O-])C2CCCCC21. The molecule has 98 valence electrons. The Balaban J connectivity index is 2.38. The fourth-order valence-electron chi connectivity index (χ4n) is 3.80. The van der Waals surface area contributed by atoms with Gasteiger partial charge in [0.25, 0.3) is 0 Å². The zero-order valence-corrected chi connectivity index (χ0v) is 11.0. The van der Waals surface area contributed by atoms with E-state index in [4.69, 9.17) is 0 Å². The van der Waals surface area contributed by atoms with Crippen molar-refractivity contribution in [1.29, 1.82) is 0 Å². The Labute approximate surface area is 103 Å². The lowest BCUT2D eigenvalue weighted by molar-refractivity contribution is -0.922. The highest BCUT2D eigenvalue weighted by atomic mass is 16.5. The minimum atomic E-state index is -1.26. The zero-order valence-electron chi connectivity index (χ0n) is 11.0. The summed E-state index contributed by atoms with van der Waals surface area (Å²) in [5.74, 6) is -0.312. The predicted molar refractivity (Wildman–Crippen MR) is 65.0 cm³/mol. The van der Waals surface area contributed by atoms with Crippen LogP contribution < -0.4 is 0 Å². The average molecular weight is 241 g/mol. The number of hydrogen-bond donors (Lipinski definition) is 1. The number of Topliss-reactive ketones (excluding diaryl/α,β-unsaturated/α-hetero) is 1. The zero-order chi connectivity index (χ0) is 12.8. The van der Waals surface area contributed by atoms with Gasteiger partial charge in [-0.25, -0.2) is 0 Å². The number of fused-ring (bicyclic) bond motifs is 1. The molecule has 0 aromatic rings. The smallest absolute Gasteiger partial charge is 0.162 e. The van der Waals surface area contributed by atoms with Gasteiger partial charge in [-0.1, -0.05) is 6.42 Å². The van der Waals surface area contributed by atoms with Crippen LogP contribution >= 0.6 is 0 Å². The van der Waals surface area contributed by atoms with Crippen LogP contribution in [0.4, 0.5) is 0 Å². The maximum absolute atomic E-state index is 12.6. The molecule has 1 saturated heterocycles. The van der Waals surface area contributed by atoms with Crippen LogP contribution in [0.2, 0.25) is 0 Å². The van der Waals surface area contributed by atoms with Gasteiger partial charge in [0.2, 0.25) is 0 Å². The first-order valence-corrected chi connectivity index (χ1v) is 6.60. The average Bonchev–Trinajstić information content (AvgIpc) is 2.27. The first kappa shape index (κ1) is 13.0. The number of ketones is 1. The second-order valence-electron chi connectivity index (χ2n) is 6.05. The molecule has 0 radical (unpaired) electrons. The van der Waals surface area contributed by atoms with E-state index >= 15 is 0 Å². The van der Waals surface area contributed by atoms with Gasteiger partial charge in [-0.05, 0) is 26.7 Å². The number of rotatable bonds is 1. The van der Waals surface area contributed by atoms with Crippen LogP contribution in [-0.2, 0) is 4.79 Å². The number of carbonyl (C=O) groups is 1. The lowest BCUT2D eigenvalue weighted by Gasteiger charge is -2.61. The lowest BCUT2D eigenvalue weighted by Crippen LogP contribution is -2.69. The summed E-state index contributed by atoms with van der Waals surface area (Å²) in [6.07, 6.45) is 4.01. The molecule has 0 amide bonds. The van der Waals surface area contributed by atoms with Crippen molar-refractivity contribution in [2.24, 2.45) is 5.92 Å². The van der Waals surface area contributed by atoms with E-state index in [-0.39, 0.29) is 28.4 Å². The number of nitrogens with zero attached hydrogens (tertiary/aromatic N) is 1. The summed E-state index contributed by atoms with van der Waals surface area (Å²) in [5.41, 5.74) is -1.26. The summed E-state index contributed by atoms with van der Waals surface area (Å²) in [6, 6.07) is -0.315. The Morgan fingerprint density at radius 3 is 2.59 bits per heavy atom. The van der Waals surface area contributed by atoms with Gasteiger partial charge in [-0.15, -0.1) is 0 Å². The molecule has 1 heterocycles. The van der Waals surface area contributed by atoms with Crippen molar-refractivity contribution in [2.75, 3.05) is 7.05 Å². The molecule has 0 bridgehead atoms. The van der Waals surface area contributed by atoms with E-state index in [0.29, 0.717) is 6.42 Å². The number of piperidine rings is 1. The fraction of sp³-hybridized carbons (Fsp3) is 0.923. The maximum atomic E-state index is 12.6. The normalized spacial score (nSPS) is 50.8. The molecule has 1 saturated carbocycles. The van der Waals surface area contributed by atoms with Gasteiger partial charge in [0.15, 0.2) is 5.78 Å². The second-order valence-corrected chi connectivity index (χ2v) is 6.05. The van der Waals surface area contributed by atoms with E-state index in [1.54, 1.807) is 7.05 Å². The number of likely N-dealkylation sites (tertiary alicyclic amines) is 1. The summed E-state index contributed by atoms with van der Waals surface area (Å²) in [4.78, 5) is 11.8. The van der Waals surface area contributed by atoms with Gasteiger partial charge in [-0.3, -0.25) is 4.79 Å². The van der Waals surface area contributed by atoms with Crippen molar-refractivity contribution in [2.45, 2.75) is 63.6 Å². The van der Waals surface area contributed by atoms with Crippen molar-refractivity contribution in [3.8, 4) is 0 Å². The highest BCUT2D eigenvalue weighted by Gasteiger charge is 2.57. The molecular weight excluding hydrogens is 218 g/mol. The third-order valence-electron chi connectivity index (χ3n) is 5.09. The first-order chi connectivity index (χ1) is 7.80. The quantitative estimate of drug-likeness (QED) is 0.560. The van der Waals surface area contributed by atoms with Crippen LogP contribution in [0.15, 0.2) is 0 Å². The molecule has 5 atom stereocenters. The third-order valence-corrected chi connectivity index (χ3v) is 5.09. The molecule has 4 nitrogen and oxygen atoms in total. The molecule has 1 aliphatic heterocycles. The van der Waals surface area contributed by atoms with Crippen LogP contribution in [0.3, 0.4) is 0 Å². The topological polar surface area (TPSA) is 60.4 Å². The van der Waals surface area contributed by atoms with Crippen LogP contribution in [0.1, 0.15) is 46.0 Å². The summed E-state index contributed by atoms with van der Waals surface area (Å²) in [5, 5.41) is 23.3. The Bertz CT molecular complexity index is 329. The molecule has 0 aromatic carbocycles. The van der Waals surface area contributed by atoms with Crippen molar-refractivity contribution in [3.05, 3.63) is 5.21 Å². The predicted octanol–water partition coefficient (Wildman–Crippen LogP) is 1.60. The second kappa shape index (κ2) is 4.04. The van der Waals surface area contributed by atoms with Gasteiger partial charge >= 0.3 is 0 Å². The van der Waals surface area contributed by atoms with Crippen LogP contribution in [0.5, 0.6) is 0 Å². The van der Waals surface area contributed by atoms with Gasteiger partial charge in [0, 0.05) is 18.8 Å². The summed E-state index contributed by atoms with van der Waals surface area (Å²) in [7, 11) is 1.70. The minimum Gasteiger partial charge on any atom is -0.633 e. The van der Waals surface area contributed by atoms with E-state index in [1.807, 2.05) is 6.92 Å². The van der Waals surface area contributed by atoms with Gasteiger partial charge in [0.05, 0.1) is 19.1 Å². The number of quaternary nitrogens is 1. The minimum absolute atomic E-state index is 0.110. The monoisotopic (exact) mass is 241 g/mol. The molecule has 1 aliphatic carbocycles. The highest BCUT2D eigenvalue weighted by molar-refractivity contribution is 5.85. The van der Waals surface area contributed by atoms with E-state index in [2.05, 4.69) is 0 Å². The number of aliphatic hydroxyl groups is 1. The molecule has 0 spiro atoms.